The number of furan rings is 1. The number of nitrogens with one attached hydrogen (secondary N) is 1. The van der Waals surface area contributed by atoms with Crippen molar-refractivity contribution in [3.63, 3.8) is 0 Å². The highest BCUT2D eigenvalue weighted by Gasteiger charge is 2.14. The maximum absolute atomic E-state index is 12.6. The van der Waals surface area contributed by atoms with Gasteiger partial charge < -0.3 is 14.5 Å². The summed E-state index contributed by atoms with van der Waals surface area (Å²) in [5.41, 5.74) is 2.48. The van der Waals surface area contributed by atoms with Gasteiger partial charge in [-0.3, -0.25) is 9.59 Å². The molecule has 1 heterocycles. The van der Waals surface area contributed by atoms with Crippen LogP contribution in [0, 0.1) is 0 Å². The molecule has 0 aliphatic rings. The van der Waals surface area contributed by atoms with E-state index in [9.17, 15) is 9.59 Å². The minimum Gasteiger partial charge on any atom is -0.466 e. The third-order valence-corrected chi connectivity index (χ3v) is 4.26. The Labute approximate surface area is 153 Å². The van der Waals surface area contributed by atoms with Crippen molar-refractivity contribution in [2.45, 2.75) is 13.3 Å². The van der Waals surface area contributed by atoms with Crippen LogP contribution in [0.15, 0.2) is 57.6 Å². The number of hydrogen-bond donors (Lipinski definition) is 1. The highest BCUT2D eigenvalue weighted by Crippen LogP contribution is 2.27. The Morgan fingerprint density at radius 2 is 2.00 bits per heavy atom. The van der Waals surface area contributed by atoms with Gasteiger partial charge in [-0.15, -0.1) is 0 Å². The molecule has 2 aromatic carbocycles. The van der Waals surface area contributed by atoms with Gasteiger partial charge in [0.25, 0.3) is 5.91 Å². The van der Waals surface area contributed by atoms with Crippen LogP contribution in [0.5, 0.6) is 0 Å². The fourth-order valence-electron chi connectivity index (χ4n) is 2.53. The Kier molecular flexibility index (Phi) is 5.19. The molecule has 0 aliphatic heterocycles. The highest BCUT2D eigenvalue weighted by atomic mass is 79.9. The number of para-hydroxylation sites is 1. The molecular formula is C19H16BrNO4. The lowest BCUT2D eigenvalue weighted by Gasteiger charge is -2.11. The summed E-state index contributed by atoms with van der Waals surface area (Å²) in [7, 11) is 0. The van der Waals surface area contributed by atoms with E-state index >= 15 is 0 Å². The third-order valence-electron chi connectivity index (χ3n) is 3.67. The second-order valence-electron chi connectivity index (χ2n) is 5.39. The summed E-state index contributed by atoms with van der Waals surface area (Å²) in [5, 5.41) is 3.69. The number of ether oxygens (including phenoxy) is 1. The molecule has 0 spiro atoms. The molecule has 5 nitrogen and oxygen atoms in total. The van der Waals surface area contributed by atoms with Gasteiger partial charge in [0.1, 0.15) is 5.58 Å². The standard InChI is InChI=1S/C19H16BrNO4/c1-2-24-17(22)11-12-5-3-4-6-16(12)21-19(23)14-9-13-7-8-25-18(13)15(20)10-14/h3-10H,2,11H2,1H3,(H,21,23). The molecular weight excluding hydrogens is 386 g/mol. The van der Waals surface area contributed by atoms with Crippen molar-refractivity contribution in [3.8, 4) is 0 Å². The Morgan fingerprint density at radius 3 is 2.80 bits per heavy atom. The minimum atomic E-state index is -0.327. The van der Waals surface area contributed by atoms with Crippen LogP contribution in [0.3, 0.4) is 0 Å². The van der Waals surface area contributed by atoms with Crippen LogP contribution >= 0.6 is 15.9 Å². The SMILES string of the molecule is CCOC(=O)Cc1ccccc1NC(=O)c1cc(Br)c2occc2c1. The molecule has 1 N–H and O–H groups in total. The first-order valence-electron chi connectivity index (χ1n) is 7.80. The van der Waals surface area contributed by atoms with Crippen molar-refractivity contribution < 1.29 is 18.7 Å². The molecule has 128 valence electrons. The topological polar surface area (TPSA) is 68.5 Å². The first kappa shape index (κ1) is 17.2. The number of fused-ring (bicyclic) bond motifs is 1. The van der Waals surface area contributed by atoms with E-state index < -0.39 is 0 Å². The first-order valence-corrected chi connectivity index (χ1v) is 8.59. The number of esters is 1. The van der Waals surface area contributed by atoms with E-state index in [1.54, 1.807) is 49.6 Å². The third kappa shape index (κ3) is 3.91. The number of carbonyl (C=O) groups is 2. The monoisotopic (exact) mass is 401 g/mol. The molecule has 3 aromatic rings. The van der Waals surface area contributed by atoms with E-state index in [1.165, 1.54) is 0 Å². The summed E-state index contributed by atoms with van der Waals surface area (Å²) in [6.07, 6.45) is 1.68. The zero-order valence-corrected chi connectivity index (χ0v) is 15.1. The fraction of sp³-hybridized carbons (Fsp3) is 0.158. The predicted molar refractivity (Wildman–Crippen MR) is 98.6 cm³/mol. The summed E-state index contributed by atoms with van der Waals surface area (Å²) in [5.74, 6) is -0.591. The van der Waals surface area contributed by atoms with E-state index in [0.717, 1.165) is 5.39 Å². The molecule has 0 atom stereocenters. The van der Waals surface area contributed by atoms with Gasteiger partial charge in [-0.2, -0.15) is 0 Å². The van der Waals surface area contributed by atoms with Crippen molar-refractivity contribution in [2.75, 3.05) is 11.9 Å². The van der Waals surface area contributed by atoms with Crippen LogP contribution in [-0.2, 0) is 16.0 Å². The first-order chi connectivity index (χ1) is 12.1. The number of rotatable bonds is 5. The Balaban J connectivity index is 1.83. The zero-order valence-electron chi connectivity index (χ0n) is 13.5. The van der Waals surface area contributed by atoms with Gasteiger partial charge in [-0.1, -0.05) is 18.2 Å². The van der Waals surface area contributed by atoms with Crippen molar-refractivity contribution in [3.05, 3.63) is 64.3 Å². The summed E-state index contributed by atoms with van der Waals surface area (Å²) < 4.78 is 11.0. The highest BCUT2D eigenvalue weighted by molar-refractivity contribution is 9.10. The quantitative estimate of drug-likeness (QED) is 0.636. The van der Waals surface area contributed by atoms with Gasteiger partial charge in [0.2, 0.25) is 0 Å². The maximum atomic E-state index is 12.6. The minimum absolute atomic E-state index is 0.106. The summed E-state index contributed by atoms with van der Waals surface area (Å²) in [4.78, 5) is 24.3. The van der Waals surface area contributed by atoms with Gasteiger partial charge in [-0.25, -0.2) is 0 Å². The van der Waals surface area contributed by atoms with Crippen molar-refractivity contribution in [1.82, 2.24) is 0 Å². The number of amides is 1. The summed E-state index contributed by atoms with van der Waals surface area (Å²) in [6.45, 7) is 2.08. The molecule has 0 unspecified atom stereocenters. The van der Waals surface area contributed by atoms with E-state index in [1.807, 2.05) is 6.07 Å². The van der Waals surface area contributed by atoms with Crippen molar-refractivity contribution in [2.24, 2.45) is 0 Å². The molecule has 25 heavy (non-hydrogen) atoms. The lowest BCUT2D eigenvalue weighted by Crippen LogP contribution is -2.15. The van der Waals surface area contributed by atoms with Gasteiger partial charge >= 0.3 is 5.97 Å². The smallest absolute Gasteiger partial charge is 0.310 e. The molecule has 0 bridgehead atoms. The van der Waals surface area contributed by atoms with Gasteiger partial charge in [-0.05, 0) is 52.7 Å². The summed E-state index contributed by atoms with van der Waals surface area (Å²) in [6, 6.07) is 12.4. The molecule has 1 amide bonds. The normalized spacial score (nSPS) is 10.6. The second kappa shape index (κ2) is 7.53. The van der Waals surface area contributed by atoms with E-state index in [0.29, 0.717) is 33.5 Å². The molecule has 0 saturated heterocycles. The van der Waals surface area contributed by atoms with Crippen LogP contribution in [0.2, 0.25) is 0 Å². The summed E-state index contributed by atoms with van der Waals surface area (Å²) >= 11 is 3.41. The fourth-order valence-corrected chi connectivity index (χ4v) is 3.10. The molecule has 0 radical (unpaired) electrons. The zero-order chi connectivity index (χ0) is 17.8. The number of anilines is 1. The van der Waals surface area contributed by atoms with Crippen LogP contribution in [0.1, 0.15) is 22.8 Å². The largest absolute Gasteiger partial charge is 0.466 e. The average Bonchev–Trinajstić information content (AvgIpc) is 3.06. The Morgan fingerprint density at radius 1 is 1.20 bits per heavy atom. The van der Waals surface area contributed by atoms with Crippen molar-refractivity contribution in [1.29, 1.82) is 0 Å². The Bertz CT molecular complexity index is 932. The maximum Gasteiger partial charge on any atom is 0.310 e. The van der Waals surface area contributed by atoms with Crippen LogP contribution < -0.4 is 5.32 Å². The predicted octanol–water partition coefficient (Wildman–Crippen LogP) is 4.55. The molecule has 0 saturated carbocycles. The van der Waals surface area contributed by atoms with Gasteiger partial charge in [0, 0.05) is 16.6 Å². The number of halogens is 1. The van der Waals surface area contributed by atoms with Crippen LogP contribution in [0.25, 0.3) is 11.0 Å². The van der Waals surface area contributed by atoms with E-state index in [-0.39, 0.29) is 18.3 Å². The lowest BCUT2D eigenvalue weighted by atomic mass is 10.1. The number of carbonyl (C=O) groups excluding carboxylic acids is 2. The van der Waals surface area contributed by atoms with E-state index in [4.69, 9.17) is 9.15 Å². The second-order valence-corrected chi connectivity index (χ2v) is 6.24. The molecule has 6 heteroatoms. The Hall–Kier alpha value is -2.60. The average molecular weight is 402 g/mol. The van der Waals surface area contributed by atoms with Crippen LogP contribution in [-0.4, -0.2) is 18.5 Å². The van der Waals surface area contributed by atoms with Crippen LogP contribution in [0.4, 0.5) is 5.69 Å². The lowest BCUT2D eigenvalue weighted by molar-refractivity contribution is -0.142. The molecule has 0 fully saturated rings. The van der Waals surface area contributed by atoms with Gasteiger partial charge in [0.05, 0.1) is 23.8 Å². The van der Waals surface area contributed by atoms with Crippen molar-refractivity contribution >= 4 is 44.5 Å². The molecule has 3 rings (SSSR count). The van der Waals surface area contributed by atoms with E-state index in [2.05, 4.69) is 21.2 Å². The van der Waals surface area contributed by atoms with Gasteiger partial charge in [0.15, 0.2) is 0 Å². The molecule has 1 aromatic heterocycles. The number of benzene rings is 2. The molecule has 0 aliphatic carbocycles. The number of hydrogen-bond acceptors (Lipinski definition) is 4.